The molecule has 21 heavy (non-hydrogen) atoms. The van der Waals surface area contributed by atoms with E-state index in [0.717, 1.165) is 12.1 Å². The molecule has 0 fully saturated rings. The minimum atomic E-state index is -4.12. The first-order valence-corrected chi connectivity index (χ1v) is 7.78. The van der Waals surface area contributed by atoms with E-state index in [2.05, 4.69) is 20.7 Å². The van der Waals surface area contributed by atoms with Gasteiger partial charge in [-0.1, -0.05) is 15.9 Å². The van der Waals surface area contributed by atoms with E-state index >= 15 is 0 Å². The van der Waals surface area contributed by atoms with Gasteiger partial charge in [0.2, 0.25) is 0 Å². The molecule has 0 aliphatic heterocycles. The second-order valence-corrected chi connectivity index (χ2v) is 6.58. The van der Waals surface area contributed by atoms with Gasteiger partial charge in [0.25, 0.3) is 10.0 Å². The van der Waals surface area contributed by atoms with Crippen LogP contribution in [0.1, 0.15) is 5.56 Å². The van der Waals surface area contributed by atoms with Crippen molar-refractivity contribution >= 4 is 31.6 Å². The molecule has 2 rings (SSSR count). The van der Waals surface area contributed by atoms with Gasteiger partial charge in [0.1, 0.15) is 6.07 Å². The fraction of sp³-hybridized carbons (Fsp3) is 0. The number of rotatable bonds is 3. The summed E-state index contributed by atoms with van der Waals surface area (Å²) in [5, 5.41) is 8.98. The summed E-state index contributed by atoms with van der Waals surface area (Å²) in [5.74, 6) is -2.41. The van der Waals surface area contributed by atoms with Crippen molar-refractivity contribution in [2.75, 3.05) is 4.72 Å². The molecule has 0 saturated carbocycles. The molecule has 1 N–H and O–H groups in total. The molecule has 2 aromatic rings. The van der Waals surface area contributed by atoms with Crippen LogP contribution in [-0.2, 0) is 10.0 Å². The molecule has 108 valence electrons. The van der Waals surface area contributed by atoms with Gasteiger partial charge in [-0.25, -0.2) is 17.2 Å². The van der Waals surface area contributed by atoms with Crippen LogP contribution in [0.2, 0.25) is 0 Å². The van der Waals surface area contributed by atoms with Crippen LogP contribution in [-0.4, -0.2) is 8.42 Å². The summed E-state index contributed by atoms with van der Waals surface area (Å²) in [6.45, 7) is 0. The number of nitriles is 1. The van der Waals surface area contributed by atoms with E-state index in [4.69, 9.17) is 5.26 Å². The average Bonchev–Trinajstić information content (AvgIpc) is 2.43. The maximum Gasteiger partial charge on any atom is 0.262 e. The normalized spacial score (nSPS) is 11.0. The Balaban J connectivity index is 2.42. The van der Waals surface area contributed by atoms with Crippen LogP contribution in [0.3, 0.4) is 0 Å². The Morgan fingerprint density at radius 1 is 1.10 bits per heavy atom. The molecule has 0 atom stereocenters. The molecule has 0 spiro atoms. The molecular weight excluding hydrogens is 366 g/mol. The summed E-state index contributed by atoms with van der Waals surface area (Å²) >= 11 is 3.16. The average molecular weight is 373 g/mol. The zero-order chi connectivity index (χ0) is 15.6. The van der Waals surface area contributed by atoms with Crippen molar-refractivity contribution in [2.24, 2.45) is 0 Å². The van der Waals surface area contributed by atoms with Crippen molar-refractivity contribution in [2.45, 2.75) is 4.90 Å². The van der Waals surface area contributed by atoms with Crippen LogP contribution in [0.25, 0.3) is 0 Å². The molecule has 2 aromatic carbocycles. The van der Waals surface area contributed by atoms with Gasteiger partial charge >= 0.3 is 0 Å². The van der Waals surface area contributed by atoms with Gasteiger partial charge in [-0.2, -0.15) is 5.26 Å². The number of halogens is 3. The van der Waals surface area contributed by atoms with Crippen molar-refractivity contribution in [1.29, 1.82) is 5.26 Å². The molecule has 4 nitrogen and oxygen atoms in total. The lowest BCUT2D eigenvalue weighted by Crippen LogP contribution is -2.14. The molecular formula is C13H7BrF2N2O2S. The zero-order valence-electron chi connectivity index (χ0n) is 10.3. The van der Waals surface area contributed by atoms with Crippen molar-refractivity contribution in [3.8, 4) is 6.07 Å². The van der Waals surface area contributed by atoms with Crippen LogP contribution in [0, 0.1) is 23.0 Å². The van der Waals surface area contributed by atoms with E-state index in [1.165, 1.54) is 12.1 Å². The number of hydrogen-bond donors (Lipinski definition) is 1. The highest BCUT2D eigenvalue weighted by Crippen LogP contribution is 2.23. The number of nitrogens with zero attached hydrogens (tertiary/aromatic N) is 1. The lowest BCUT2D eigenvalue weighted by molar-refractivity contribution is 0.504. The first kappa shape index (κ1) is 15.4. The first-order valence-electron chi connectivity index (χ1n) is 5.51. The Morgan fingerprint density at radius 2 is 1.81 bits per heavy atom. The van der Waals surface area contributed by atoms with Crippen LogP contribution in [0.5, 0.6) is 0 Å². The molecule has 0 aliphatic rings. The number of hydrogen-bond acceptors (Lipinski definition) is 3. The Labute approximate surface area is 128 Å². The van der Waals surface area contributed by atoms with E-state index < -0.39 is 26.6 Å². The Kier molecular flexibility index (Phi) is 4.25. The van der Waals surface area contributed by atoms with E-state index in [1.54, 1.807) is 6.07 Å². The largest absolute Gasteiger partial charge is 0.278 e. The summed E-state index contributed by atoms with van der Waals surface area (Å²) in [4.78, 5) is -0.437. The van der Waals surface area contributed by atoms with Gasteiger partial charge in [0, 0.05) is 4.47 Å². The van der Waals surface area contributed by atoms with Crippen molar-refractivity contribution < 1.29 is 17.2 Å². The van der Waals surface area contributed by atoms with Gasteiger partial charge in [0.05, 0.1) is 16.1 Å². The molecule has 0 amide bonds. The molecule has 0 bridgehead atoms. The third-order valence-corrected chi connectivity index (χ3v) is 4.40. The van der Waals surface area contributed by atoms with Crippen LogP contribution in [0.15, 0.2) is 45.8 Å². The molecule has 0 aliphatic carbocycles. The number of anilines is 1. The second-order valence-electron chi connectivity index (χ2n) is 3.98. The number of sulfonamides is 1. The van der Waals surface area contributed by atoms with Crippen molar-refractivity contribution in [3.05, 3.63) is 58.1 Å². The molecule has 0 saturated heterocycles. The highest BCUT2D eigenvalue weighted by atomic mass is 79.9. The van der Waals surface area contributed by atoms with E-state index in [0.29, 0.717) is 10.5 Å². The predicted molar refractivity (Wildman–Crippen MR) is 76.0 cm³/mol. The zero-order valence-corrected chi connectivity index (χ0v) is 12.7. The standard InChI is InChI=1S/C13H7BrF2N2O2S/c14-9-1-4-13(8(5-9)7-17)18-21(19,20)10-2-3-11(15)12(16)6-10/h1-6,18H. The highest BCUT2D eigenvalue weighted by molar-refractivity contribution is 9.10. The van der Waals surface area contributed by atoms with Gasteiger partial charge in [0.15, 0.2) is 11.6 Å². The SMILES string of the molecule is N#Cc1cc(Br)ccc1NS(=O)(=O)c1ccc(F)c(F)c1. The summed E-state index contributed by atoms with van der Waals surface area (Å²) in [5.41, 5.74) is 0.140. The van der Waals surface area contributed by atoms with Crippen molar-refractivity contribution in [3.63, 3.8) is 0 Å². The van der Waals surface area contributed by atoms with Crippen LogP contribution in [0.4, 0.5) is 14.5 Å². The van der Waals surface area contributed by atoms with Gasteiger partial charge in [-0.05, 0) is 36.4 Å². The van der Waals surface area contributed by atoms with Crippen LogP contribution >= 0.6 is 15.9 Å². The third kappa shape index (κ3) is 3.37. The quantitative estimate of drug-likeness (QED) is 0.897. The smallest absolute Gasteiger partial charge is 0.262 e. The minimum Gasteiger partial charge on any atom is -0.278 e. The lowest BCUT2D eigenvalue weighted by atomic mass is 10.2. The highest BCUT2D eigenvalue weighted by Gasteiger charge is 2.18. The summed E-state index contributed by atoms with van der Waals surface area (Å²) in [6.07, 6.45) is 0. The maximum atomic E-state index is 13.1. The Bertz CT molecular complexity index is 848. The number of benzene rings is 2. The summed E-state index contributed by atoms with van der Waals surface area (Å²) in [6, 6.07) is 8.44. The molecule has 0 heterocycles. The summed E-state index contributed by atoms with van der Waals surface area (Å²) in [7, 11) is -4.12. The van der Waals surface area contributed by atoms with Crippen molar-refractivity contribution in [1.82, 2.24) is 0 Å². The number of nitrogens with one attached hydrogen (secondary N) is 1. The topological polar surface area (TPSA) is 70.0 Å². The Morgan fingerprint density at radius 3 is 2.43 bits per heavy atom. The second kappa shape index (κ2) is 5.79. The fourth-order valence-corrected chi connectivity index (χ4v) is 3.00. The van der Waals surface area contributed by atoms with Crippen LogP contribution < -0.4 is 4.72 Å². The molecule has 0 unspecified atom stereocenters. The molecule has 0 aromatic heterocycles. The lowest BCUT2D eigenvalue weighted by Gasteiger charge is -2.10. The third-order valence-electron chi connectivity index (χ3n) is 2.55. The van der Waals surface area contributed by atoms with E-state index in [9.17, 15) is 17.2 Å². The van der Waals surface area contributed by atoms with Gasteiger partial charge in [-0.3, -0.25) is 4.72 Å². The van der Waals surface area contributed by atoms with Gasteiger partial charge < -0.3 is 0 Å². The fourth-order valence-electron chi connectivity index (χ4n) is 1.55. The summed E-state index contributed by atoms with van der Waals surface area (Å²) < 4.78 is 52.9. The monoisotopic (exact) mass is 372 g/mol. The Hall–Kier alpha value is -1.98. The maximum absolute atomic E-state index is 13.1. The minimum absolute atomic E-state index is 0.0467. The predicted octanol–water partition coefficient (Wildman–Crippen LogP) is 3.40. The molecule has 0 radical (unpaired) electrons. The van der Waals surface area contributed by atoms with E-state index in [-0.39, 0.29) is 11.3 Å². The molecule has 8 heteroatoms. The van der Waals surface area contributed by atoms with E-state index in [1.807, 2.05) is 6.07 Å². The van der Waals surface area contributed by atoms with Gasteiger partial charge in [-0.15, -0.1) is 0 Å². The first-order chi connectivity index (χ1) is 9.83.